The molecule has 2 aromatic carbocycles. The molecule has 0 aliphatic rings. The maximum absolute atomic E-state index is 11.1. The second-order valence-electron chi connectivity index (χ2n) is 5.59. The van der Waals surface area contributed by atoms with Crippen LogP contribution < -0.4 is 0 Å². The van der Waals surface area contributed by atoms with Crippen LogP contribution in [0.3, 0.4) is 0 Å². The van der Waals surface area contributed by atoms with Crippen molar-refractivity contribution in [2.24, 2.45) is 0 Å². The summed E-state index contributed by atoms with van der Waals surface area (Å²) >= 11 is 0. The minimum absolute atomic E-state index is 0.235. The molecular weight excluding hydrogens is 300 g/mol. The number of carbonyl (C=O) groups is 1. The highest BCUT2D eigenvalue weighted by Gasteiger charge is 2.08. The van der Waals surface area contributed by atoms with Gasteiger partial charge in [-0.05, 0) is 28.8 Å². The fourth-order valence-corrected chi connectivity index (χ4v) is 2.76. The number of benzene rings is 2. The quantitative estimate of drug-likeness (QED) is 0.611. The highest BCUT2D eigenvalue weighted by atomic mass is 16.4. The summed E-state index contributed by atoms with van der Waals surface area (Å²) in [7, 11) is 0. The molecule has 0 unspecified atom stereocenters. The van der Waals surface area contributed by atoms with Crippen molar-refractivity contribution in [1.82, 2.24) is 9.61 Å². The van der Waals surface area contributed by atoms with Crippen molar-refractivity contribution in [3.63, 3.8) is 0 Å². The fourth-order valence-electron chi connectivity index (χ4n) is 2.76. The molecule has 4 nitrogen and oxygen atoms in total. The van der Waals surface area contributed by atoms with E-state index in [2.05, 4.69) is 41.5 Å². The monoisotopic (exact) mass is 314 g/mol. The average Bonchev–Trinajstić information content (AvgIpc) is 3.06. The first-order valence-electron chi connectivity index (χ1n) is 7.58. The van der Waals surface area contributed by atoms with E-state index in [0.717, 1.165) is 22.2 Å². The Morgan fingerprint density at radius 3 is 2.12 bits per heavy atom. The standard InChI is InChI=1S/C20H14N2O2/c23-20(24)18-11-19-10-17(12-21-22(19)13-18)16-8-6-15(7-9-16)14-4-2-1-3-5-14/h1-13H,(H,23,24). The predicted octanol–water partition coefficient (Wildman–Crippen LogP) is 4.37. The Morgan fingerprint density at radius 2 is 1.46 bits per heavy atom. The number of rotatable bonds is 3. The Bertz CT molecular complexity index is 1020. The Balaban J connectivity index is 1.70. The smallest absolute Gasteiger partial charge is 0.337 e. The number of nitrogens with zero attached hydrogens (tertiary/aromatic N) is 2. The summed E-state index contributed by atoms with van der Waals surface area (Å²) in [5.74, 6) is -0.950. The number of aromatic nitrogens is 2. The SMILES string of the molecule is O=C(O)c1cc2cc(-c3ccc(-c4ccccc4)cc3)cnn2c1. The van der Waals surface area contributed by atoms with E-state index < -0.39 is 5.97 Å². The third-order valence-electron chi connectivity index (χ3n) is 4.03. The van der Waals surface area contributed by atoms with Crippen molar-refractivity contribution in [3.05, 3.63) is 84.7 Å². The Morgan fingerprint density at radius 1 is 0.833 bits per heavy atom. The summed E-state index contributed by atoms with van der Waals surface area (Å²) in [6.07, 6.45) is 3.26. The molecule has 0 radical (unpaired) electrons. The molecule has 0 saturated heterocycles. The van der Waals surface area contributed by atoms with Gasteiger partial charge in [-0.3, -0.25) is 0 Å². The van der Waals surface area contributed by atoms with Gasteiger partial charge in [-0.2, -0.15) is 5.10 Å². The third kappa shape index (κ3) is 2.54. The summed E-state index contributed by atoms with van der Waals surface area (Å²) in [5.41, 5.74) is 5.33. The van der Waals surface area contributed by atoms with Gasteiger partial charge in [-0.25, -0.2) is 9.31 Å². The van der Waals surface area contributed by atoms with Gasteiger partial charge in [-0.1, -0.05) is 54.6 Å². The first-order valence-corrected chi connectivity index (χ1v) is 7.58. The highest BCUT2D eigenvalue weighted by molar-refractivity contribution is 5.89. The topological polar surface area (TPSA) is 54.6 Å². The van der Waals surface area contributed by atoms with Gasteiger partial charge < -0.3 is 5.11 Å². The van der Waals surface area contributed by atoms with Gasteiger partial charge in [0.05, 0.1) is 17.3 Å². The van der Waals surface area contributed by atoms with Gasteiger partial charge >= 0.3 is 5.97 Å². The molecule has 0 fully saturated rings. The van der Waals surface area contributed by atoms with Crippen molar-refractivity contribution in [3.8, 4) is 22.3 Å². The van der Waals surface area contributed by atoms with E-state index in [0.29, 0.717) is 0 Å². The third-order valence-corrected chi connectivity index (χ3v) is 4.03. The second kappa shape index (κ2) is 5.66. The van der Waals surface area contributed by atoms with Gasteiger partial charge in [0, 0.05) is 11.8 Å². The zero-order chi connectivity index (χ0) is 16.5. The summed E-state index contributed by atoms with van der Waals surface area (Å²) in [4.78, 5) is 11.1. The van der Waals surface area contributed by atoms with E-state index in [1.807, 2.05) is 24.3 Å². The molecule has 116 valence electrons. The van der Waals surface area contributed by atoms with Crippen LogP contribution in [-0.2, 0) is 0 Å². The number of carboxylic acid groups (broad SMARTS) is 1. The Kier molecular flexibility index (Phi) is 3.35. The molecule has 24 heavy (non-hydrogen) atoms. The zero-order valence-electron chi connectivity index (χ0n) is 12.8. The lowest BCUT2D eigenvalue weighted by molar-refractivity contribution is 0.0697. The van der Waals surface area contributed by atoms with Gasteiger partial charge in [0.15, 0.2) is 0 Å². The van der Waals surface area contributed by atoms with Crippen molar-refractivity contribution < 1.29 is 9.90 Å². The minimum Gasteiger partial charge on any atom is -0.478 e. The van der Waals surface area contributed by atoms with Gasteiger partial charge in [0.1, 0.15) is 0 Å². The Hall–Kier alpha value is -3.40. The number of aromatic carboxylic acids is 1. The molecule has 4 rings (SSSR count). The molecular formula is C20H14N2O2. The van der Waals surface area contributed by atoms with E-state index in [4.69, 9.17) is 5.11 Å². The average molecular weight is 314 g/mol. The lowest BCUT2D eigenvalue weighted by Crippen LogP contribution is -1.93. The van der Waals surface area contributed by atoms with Crippen LogP contribution in [0.2, 0.25) is 0 Å². The number of hydrogen-bond donors (Lipinski definition) is 1. The molecule has 0 saturated carbocycles. The number of hydrogen-bond acceptors (Lipinski definition) is 2. The van der Waals surface area contributed by atoms with Crippen LogP contribution in [0.15, 0.2) is 79.1 Å². The molecule has 0 spiro atoms. The van der Waals surface area contributed by atoms with E-state index >= 15 is 0 Å². The van der Waals surface area contributed by atoms with Gasteiger partial charge in [-0.15, -0.1) is 0 Å². The molecule has 2 heterocycles. The summed E-state index contributed by atoms with van der Waals surface area (Å²) < 4.78 is 1.57. The molecule has 0 aliphatic heterocycles. The normalized spacial score (nSPS) is 10.8. The van der Waals surface area contributed by atoms with Crippen molar-refractivity contribution in [2.45, 2.75) is 0 Å². The summed E-state index contributed by atoms with van der Waals surface area (Å²) in [5, 5.41) is 13.4. The first kappa shape index (κ1) is 14.2. The Labute approximate surface area is 138 Å². The molecule has 0 atom stereocenters. The van der Waals surface area contributed by atoms with Crippen LogP contribution in [0.5, 0.6) is 0 Å². The maximum atomic E-state index is 11.1. The van der Waals surface area contributed by atoms with Crippen molar-refractivity contribution in [1.29, 1.82) is 0 Å². The first-order chi connectivity index (χ1) is 11.7. The zero-order valence-corrected chi connectivity index (χ0v) is 12.8. The van der Waals surface area contributed by atoms with Crippen LogP contribution in [-0.4, -0.2) is 20.7 Å². The van der Waals surface area contributed by atoms with Crippen LogP contribution in [0, 0.1) is 0 Å². The highest BCUT2D eigenvalue weighted by Crippen LogP contribution is 2.25. The minimum atomic E-state index is -0.950. The van der Waals surface area contributed by atoms with E-state index in [1.54, 1.807) is 16.8 Å². The molecule has 2 aromatic heterocycles. The summed E-state index contributed by atoms with van der Waals surface area (Å²) in [6, 6.07) is 22.0. The van der Waals surface area contributed by atoms with Gasteiger partial charge in [0.25, 0.3) is 0 Å². The van der Waals surface area contributed by atoms with E-state index in [1.165, 1.54) is 11.8 Å². The second-order valence-corrected chi connectivity index (χ2v) is 5.59. The van der Waals surface area contributed by atoms with E-state index in [-0.39, 0.29) is 5.56 Å². The van der Waals surface area contributed by atoms with Crippen LogP contribution >= 0.6 is 0 Å². The lowest BCUT2D eigenvalue weighted by Gasteiger charge is -2.05. The van der Waals surface area contributed by atoms with E-state index in [9.17, 15) is 4.79 Å². The van der Waals surface area contributed by atoms with Crippen molar-refractivity contribution in [2.75, 3.05) is 0 Å². The maximum Gasteiger partial charge on any atom is 0.337 e. The van der Waals surface area contributed by atoms with Crippen LogP contribution in [0.1, 0.15) is 10.4 Å². The number of carboxylic acids is 1. The van der Waals surface area contributed by atoms with Crippen LogP contribution in [0.4, 0.5) is 0 Å². The largest absolute Gasteiger partial charge is 0.478 e. The molecule has 4 heteroatoms. The summed E-state index contributed by atoms with van der Waals surface area (Å²) in [6.45, 7) is 0. The van der Waals surface area contributed by atoms with Crippen LogP contribution in [0.25, 0.3) is 27.8 Å². The molecule has 4 aromatic rings. The van der Waals surface area contributed by atoms with Gasteiger partial charge in [0.2, 0.25) is 0 Å². The lowest BCUT2D eigenvalue weighted by atomic mass is 10.0. The molecule has 0 bridgehead atoms. The fraction of sp³-hybridized carbons (Fsp3) is 0. The predicted molar refractivity (Wildman–Crippen MR) is 93.0 cm³/mol. The number of fused-ring (bicyclic) bond motifs is 1. The van der Waals surface area contributed by atoms with Crippen molar-refractivity contribution >= 4 is 11.5 Å². The molecule has 0 amide bonds. The molecule has 1 N–H and O–H groups in total. The molecule has 0 aliphatic carbocycles.